The summed E-state index contributed by atoms with van der Waals surface area (Å²) >= 11 is 0. The maximum Gasteiger partial charge on any atom is 0.0963 e. The smallest absolute Gasteiger partial charge is 0.0963 e. The second-order valence-corrected chi connectivity index (χ2v) is 4.59. The first kappa shape index (κ1) is 10.9. The van der Waals surface area contributed by atoms with Crippen LogP contribution in [0.5, 0.6) is 0 Å². The molecule has 1 N–H and O–H groups in total. The summed E-state index contributed by atoms with van der Waals surface area (Å²) < 4.78 is 0. The van der Waals surface area contributed by atoms with Gasteiger partial charge in [0.05, 0.1) is 5.84 Å². The van der Waals surface area contributed by atoms with Crippen LogP contribution in [0.4, 0.5) is 0 Å². The lowest BCUT2D eigenvalue weighted by Gasteiger charge is -2.24. The molecular weight excluding hydrogens is 186 g/mol. The van der Waals surface area contributed by atoms with E-state index in [2.05, 4.69) is 22.1 Å². The molecule has 1 atom stereocenters. The molecule has 3 heteroatoms. The molecule has 0 aromatic heterocycles. The first-order valence-electron chi connectivity index (χ1n) is 6.41. The van der Waals surface area contributed by atoms with E-state index in [0.29, 0.717) is 0 Å². The highest BCUT2D eigenvalue weighted by molar-refractivity contribution is 5.82. The molecule has 0 amide bonds. The Balaban J connectivity index is 1.74. The zero-order chi connectivity index (χ0) is 10.5. The van der Waals surface area contributed by atoms with Gasteiger partial charge in [0.1, 0.15) is 0 Å². The van der Waals surface area contributed by atoms with Crippen LogP contribution in [-0.2, 0) is 0 Å². The Labute approximate surface area is 92.9 Å². The van der Waals surface area contributed by atoms with Crippen molar-refractivity contribution in [3.8, 4) is 0 Å². The van der Waals surface area contributed by atoms with Crippen LogP contribution < -0.4 is 5.32 Å². The molecule has 1 unspecified atom stereocenters. The van der Waals surface area contributed by atoms with Crippen molar-refractivity contribution in [2.45, 2.75) is 45.1 Å². The van der Waals surface area contributed by atoms with Gasteiger partial charge in [0.25, 0.3) is 0 Å². The molecular formula is C12H23N3. The number of likely N-dealkylation sites (N-methyl/N-ethyl adjacent to an activating group) is 1. The lowest BCUT2D eigenvalue weighted by atomic mass is 10.1. The van der Waals surface area contributed by atoms with Crippen LogP contribution in [0.1, 0.15) is 39.0 Å². The van der Waals surface area contributed by atoms with Crippen LogP contribution in [0, 0.1) is 0 Å². The van der Waals surface area contributed by atoms with Crippen LogP contribution in [-0.4, -0.2) is 43.0 Å². The molecule has 2 aliphatic heterocycles. The lowest BCUT2D eigenvalue weighted by molar-refractivity contribution is 0.267. The van der Waals surface area contributed by atoms with Gasteiger partial charge in [-0.3, -0.25) is 9.89 Å². The molecule has 15 heavy (non-hydrogen) atoms. The number of likely N-dealkylation sites (tertiary alicyclic amines) is 1. The Hall–Kier alpha value is -0.570. The average molecular weight is 209 g/mol. The first-order chi connectivity index (χ1) is 7.40. The monoisotopic (exact) mass is 209 g/mol. The van der Waals surface area contributed by atoms with E-state index in [9.17, 15) is 0 Å². The fourth-order valence-electron chi connectivity index (χ4n) is 2.62. The minimum Gasteiger partial charge on any atom is -0.372 e. The van der Waals surface area contributed by atoms with Gasteiger partial charge in [-0.25, -0.2) is 0 Å². The maximum absolute atomic E-state index is 4.53. The van der Waals surface area contributed by atoms with E-state index in [1.807, 2.05) is 0 Å². The Bertz CT molecular complexity index is 225. The van der Waals surface area contributed by atoms with Crippen LogP contribution in [0.25, 0.3) is 0 Å². The highest BCUT2D eigenvalue weighted by Crippen LogP contribution is 2.15. The molecule has 86 valence electrons. The average Bonchev–Trinajstić information content (AvgIpc) is 2.75. The van der Waals surface area contributed by atoms with Crippen molar-refractivity contribution in [1.82, 2.24) is 10.2 Å². The Kier molecular flexibility index (Phi) is 4.01. The number of nitrogens with zero attached hydrogens (tertiary/aromatic N) is 2. The van der Waals surface area contributed by atoms with Gasteiger partial charge in [0, 0.05) is 25.6 Å². The number of amidine groups is 1. The molecule has 1 saturated heterocycles. The zero-order valence-electron chi connectivity index (χ0n) is 9.84. The molecule has 0 spiro atoms. The molecule has 1 fully saturated rings. The molecule has 3 nitrogen and oxygen atoms in total. The quantitative estimate of drug-likeness (QED) is 0.765. The predicted octanol–water partition coefficient (Wildman–Crippen LogP) is 1.64. The van der Waals surface area contributed by atoms with Crippen LogP contribution >= 0.6 is 0 Å². The van der Waals surface area contributed by atoms with Crippen molar-refractivity contribution in [3.63, 3.8) is 0 Å². The van der Waals surface area contributed by atoms with E-state index in [4.69, 9.17) is 0 Å². The molecule has 2 aliphatic rings. The minimum absolute atomic E-state index is 0.750. The van der Waals surface area contributed by atoms with E-state index < -0.39 is 0 Å². The van der Waals surface area contributed by atoms with Crippen LogP contribution in [0.15, 0.2) is 4.99 Å². The zero-order valence-corrected chi connectivity index (χ0v) is 9.84. The number of hydrogen-bond donors (Lipinski definition) is 1. The number of hydrogen-bond acceptors (Lipinski definition) is 3. The Morgan fingerprint density at radius 1 is 1.40 bits per heavy atom. The van der Waals surface area contributed by atoms with Gasteiger partial charge < -0.3 is 5.32 Å². The van der Waals surface area contributed by atoms with Gasteiger partial charge >= 0.3 is 0 Å². The second kappa shape index (κ2) is 5.50. The molecule has 0 aliphatic carbocycles. The number of nitrogens with one attached hydrogen (secondary N) is 1. The summed E-state index contributed by atoms with van der Waals surface area (Å²) in [6, 6.07) is 0.750. The van der Waals surface area contributed by atoms with Gasteiger partial charge in [0.2, 0.25) is 0 Å². The van der Waals surface area contributed by atoms with Crippen molar-refractivity contribution in [3.05, 3.63) is 0 Å². The van der Waals surface area contributed by atoms with Gasteiger partial charge in [-0.05, 0) is 38.8 Å². The van der Waals surface area contributed by atoms with E-state index in [0.717, 1.165) is 19.1 Å². The molecule has 0 saturated carbocycles. The summed E-state index contributed by atoms with van der Waals surface area (Å²) in [5.74, 6) is 1.25. The molecule has 2 heterocycles. The van der Waals surface area contributed by atoms with E-state index >= 15 is 0 Å². The normalized spacial score (nSPS) is 27.8. The van der Waals surface area contributed by atoms with Crippen molar-refractivity contribution >= 4 is 5.84 Å². The van der Waals surface area contributed by atoms with Crippen LogP contribution in [0.2, 0.25) is 0 Å². The van der Waals surface area contributed by atoms with E-state index in [-0.39, 0.29) is 0 Å². The SMILES string of the molecule is CCN1CCCC1CNC1=NCCCC1. The summed E-state index contributed by atoms with van der Waals surface area (Å²) in [6.07, 6.45) is 6.48. The topological polar surface area (TPSA) is 27.6 Å². The van der Waals surface area contributed by atoms with E-state index in [1.54, 1.807) is 0 Å². The van der Waals surface area contributed by atoms with Crippen molar-refractivity contribution in [2.24, 2.45) is 4.99 Å². The van der Waals surface area contributed by atoms with Crippen molar-refractivity contribution in [1.29, 1.82) is 0 Å². The Morgan fingerprint density at radius 2 is 2.33 bits per heavy atom. The largest absolute Gasteiger partial charge is 0.372 e. The summed E-state index contributed by atoms with van der Waals surface area (Å²) in [5.41, 5.74) is 0. The third-order valence-electron chi connectivity index (χ3n) is 3.57. The third kappa shape index (κ3) is 2.94. The summed E-state index contributed by atoms with van der Waals surface area (Å²) in [5, 5.41) is 3.54. The number of rotatable bonds is 3. The minimum atomic E-state index is 0.750. The molecule has 0 bridgehead atoms. The highest BCUT2D eigenvalue weighted by atomic mass is 15.2. The fourth-order valence-corrected chi connectivity index (χ4v) is 2.62. The first-order valence-corrected chi connectivity index (χ1v) is 6.41. The summed E-state index contributed by atoms with van der Waals surface area (Å²) in [4.78, 5) is 7.11. The van der Waals surface area contributed by atoms with Gasteiger partial charge in [-0.1, -0.05) is 6.92 Å². The van der Waals surface area contributed by atoms with Crippen molar-refractivity contribution in [2.75, 3.05) is 26.2 Å². The molecule has 0 radical (unpaired) electrons. The predicted molar refractivity (Wildman–Crippen MR) is 64.4 cm³/mol. The summed E-state index contributed by atoms with van der Waals surface area (Å²) in [6.45, 7) is 6.88. The van der Waals surface area contributed by atoms with E-state index in [1.165, 1.54) is 51.0 Å². The van der Waals surface area contributed by atoms with Gasteiger partial charge in [-0.15, -0.1) is 0 Å². The number of aliphatic imine (C=N–C) groups is 1. The standard InChI is InChI=1S/C12H23N3/c1-2-15-9-5-6-11(15)10-14-12-7-3-4-8-13-12/h11H,2-10H2,1H3,(H,13,14). The third-order valence-corrected chi connectivity index (χ3v) is 3.57. The van der Waals surface area contributed by atoms with Gasteiger partial charge in [-0.2, -0.15) is 0 Å². The second-order valence-electron chi connectivity index (χ2n) is 4.59. The maximum atomic E-state index is 4.53. The van der Waals surface area contributed by atoms with Crippen LogP contribution in [0.3, 0.4) is 0 Å². The lowest BCUT2D eigenvalue weighted by Crippen LogP contribution is -2.40. The van der Waals surface area contributed by atoms with Crippen molar-refractivity contribution < 1.29 is 0 Å². The fraction of sp³-hybridized carbons (Fsp3) is 0.917. The summed E-state index contributed by atoms with van der Waals surface area (Å²) in [7, 11) is 0. The molecule has 0 aromatic carbocycles. The molecule has 0 aromatic rings. The van der Waals surface area contributed by atoms with Gasteiger partial charge in [0.15, 0.2) is 0 Å². The Morgan fingerprint density at radius 3 is 3.07 bits per heavy atom. The molecule has 2 rings (SSSR count). The highest BCUT2D eigenvalue weighted by Gasteiger charge is 2.22.